The van der Waals surface area contributed by atoms with Crippen molar-refractivity contribution in [1.29, 1.82) is 0 Å². The van der Waals surface area contributed by atoms with E-state index in [4.69, 9.17) is 5.73 Å². The summed E-state index contributed by atoms with van der Waals surface area (Å²) in [6.45, 7) is 3.60. The van der Waals surface area contributed by atoms with Gasteiger partial charge in [0.05, 0.1) is 18.2 Å². The van der Waals surface area contributed by atoms with Crippen molar-refractivity contribution in [1.82, 2.24) is 10.6 Å². The molecule has 0 aromatic rings. The lowest BCUT2D eigenvalue weighted by atomic mass is 9.93. The van der Waals surface area contributed by atoms with Crippen molar-refractivity contribution < 1.29 is 24.9 Å². The molecule has 0 spiro atoms. The molecule has 1 rings (SSSR count). The SMILES string of the molecule is CC(C)[C@H](N)C(=O)N[C@H](C(=O)O)C1CC(O)C(O)CN1. The number of carboxylic acid groups (broad SMARTS) is 1. The molecule has 7 N–H and O–H groups in total. The minimum absolute atomic E-state index is 0.0370. The monoisotopic (exact) mass is 289 g/mol. The van der Waals surface area contributed by atoms with Gasteiger partial charge in [-0.1, -0.05) is 13.8 Å². The molecular weight excluding hydrogens is 266 g/mol. The van der Waals surface area contributed by atoms with Crippen LogP contribution in [0.5, 0.6) is 0 Å². The highest BCUT2D eigenvalue weighted by molar-refractivity contribution is 5.87. The normalized spacial score (nSPS) is 29.8. The van der Waals surface area contributed by atoms with Crippen LogP contribution in [0.4, 0.5) is 0 Å². The van der Waals surface area contributed by atoms with E-state index >= 15 is 0 Å². The van der Waals surface area contributed by atoms with Crippen LogP contribution >= 0.6 is 0 Å². The highest BCUT2D eigenvalue weighted by atomic mass is 16.4. The van der Waals surface area contributed by atoms with E-state index in [9.17, 15) is 24.9 Å². The van der Waals surface area contributed by atoms with Crippen LogP contribution in [0.3, 0.4) is 0 Å². The summed E-state index contributed by atoms with van der Waals surface area (Å²) in [7, 11) is 0. The minimum atomic E-state index is -1.21. The zero-order valence-corrected chi connectivity index (χ0v) is 11.6. The number of aliphatic carboxylic acids is 1. The summed E-state index contributed by atoms with van der Waals surface area (Å²) < 4.78 is 0. The predicted octanol–water partition coefficient (Wildman–Crippen LogP) is -2.38. The Hall–Kier alpha value is -1.22. The summed E-state index contributed by atoms with van der Waals surface area (Å²) in [5, 5.41) is 33.4. The smallest absolute Gasteiger partial charge is 0.327 e. The summed E-state index contributed by atoms with van der Waals surface area (Å²) in [6, 6.07) is -2.65. The zero-order valence-electron chi connectivity index (χ0n) is 11.6. The molecule has 0 bridgehead atoms. The Balaban J connectivity index is 2.70. The lowest BCUT2D eigenvalue weighted by Gasteiger charge is -2.35. The van der Waals surface area contributed by atoms with Crippen molar-refractivity contribution in [3.63, 3.8) is 0 Å². The lowest BCUT2D eigenvalue weighted by Crippen LogP contribution is -2.62. The molecule has 1 aliphatic rings. The van der Waals surface area contributed by atoms with Crippen molar-refractivity contribution in [3.05, 3.63) is 0 Å². The van der Waals surface area contributed by atoms with Crippen LogP contribution in [0.15, 0.2) is 0 Å². The fraction of sp³-hybridized carbons (Fsp3) is 0.833. The van der Waals surface area contributed by atoms with Gasteiger partial charge in [0.25, 0.3) is 0 Å². The number of piperidine rings is 1. The number of hydrogen-bond donors (Lipinski definition) is 6. The summed E-state index contributed by atoms with van der Waals surface area (Å²) >= 11 is 0. The first-order valence-corrected chi connectivity index (χ1v) is 6.62. The fourth-order valence-corrected chi connectivity index (χ4v) is 2.05. The molecule has 1 heterocycles. The number of aliphatic hydroxyl groups is 2. The Bertz CT molecular complexity index is 363. The van der Waals surface area contributed by atoms with Gasteiger partial charge in [-0.2, -0.15) is 0 Å². The van der Waals surface area contributed by atoms with Crippen LogP contribution in [-0.2, 0) is 9.59 Å². The van der Waals surface area contributed by atoms with Gasteiger partial charge in [-0.05, 0) is 12.3 Å². The quantitative estimate of drug-likeness (QED) is 0.331. The number of aliphatic hydroxyl groups excluding tert-OH is 2. The molecule has 1 fully saturated rings. The third-order valence-electron chi connectivity index (χ3n) is 3.52. The highest BCUT2D eigenvalue weighted by Crippen LogP contribution is 2.13. The number of carboxylic acids is 1. The second-order valence-corrected chi connectivity index (χ2v) is 5.48. The number of amides is 1. The van der Waals surface area contributed by atoms with E-state index in [2.05, 4.69) is 10.6 Å². The number of nitrogens with two attached hydrogens (primary N) is 1. The van der Waals surface area contributed by atoms with Gasteiger partial charge >= 0.3 is 5.97 Å². The molecular formula is C12H23N3O5. The maximum atomic E-state index is 11.8. The topological polar surface area (TPSA) is 145 Å². The Morgan fingerprint density at radius 2 is 1.90 bits per heavy atom. The molecule has 20 heavy (non-hydrogen) atoms. The maximum Gasteiger partial charge on any atom is 0.327 e. The molecule has 3 unspecified atom stereocenters. The Kier molecular flexibility index (Phi) is 5.88. The highest BCUT2D eigenvalue weighted by Gasteiger charge is 2.37. The van der Waals surface area contributed by atoms with E-state index in [0.29, 0.717) is 0 Å². The summed E-state index contributed by atoms with van der Waals surface area (Å²) in [5.74, 6) is -1.87. The third kappa shape index (κ3) is 4.14. The van der Waals surface area contributed by atoms with E-state index in [-0.39, 0.29) is 18.9 Å². The largest absolute Gasteiger partial charge is 0.480 e. The van der Waals surface area contributed by atoms with Crippen LogP contribution in [0, 0.1) is 5.92 Å². The van der Waals surface area contributed by atoms with E-state index in [1.807, 2.05) is 0 Å². The molecule has 116 valence electrons. The lowest BCUT2D eigenvalue weighted by molar-refractivity contribution is -0.144. The molecule has 5 atom stereocenters. The number of rotatable bonds is 5. The van der Waals surface area contributed by atoms with Crippen LogP contribution in [0.1, 0.15) is 20.3 Å². The third-order valence-corrected chi connectivity index (χ3v) is 3.52. The fourth-order valence-electron chi connectivity index (χ4n) is 2.05. The molecule has 0 aromatic heterocycles. The second kappa shape index (κ2) is 6.98. The summed E-state index contributed by atoms with van der Waals surface area (Å²) in [5.41, 5.74) is 5.67. The Labute approximate surface area is 117 Å². The number of hydrogen-bond acceptors (Lipinski definition) is 6. The molecule has 0 aliphatic carbocycles. The first-order chi connectivity index (χ1) is 9.23. The molecule has 0 saturated carbocycles. The molecule has 1 amide bonds. The molecule has 1 aliphatic heterocycles. The number of carbonyl (C=O) groups is 2. The van der Waals surface area contributed by atoms with Gasteiger partial charge in [-0.15, -0.1) is 0 Å². The van der Waals surface area contributed by atoms with Crippen molar-refractivity contribution in [2.45, 2.75) is 50.6 Å². The average Bonchev–Trinajstić information content (AvgIpc) is 2.37. The van der Waals surface area contributed by atoms with Crippen LogP contribution in [-0.4, -0.2) is 64.1 Å². The van der Waals surface area contributed by atoms with Gasteiger partial charge in [0, 0.05) is 12.6 Å². The standard InChI is InChI=1S/C12H23N3O5/c1-5(2)9(13)11(18)15-10(12(19)20)6-3-7(16)8(17)4-14-6/h5-10,14,16-17H,3-4,13H2,1-2H3,(H,15,18)(H,19,20)/t6?,7?,8?,9-,10-/m0/s1. The predicted molar refractivity (Wildman–Crippen MR) is 70.8 cm³/mol. The first-order valence-electron chi connectivity index (χ1n) is 6.62. The molecule has 0 radical (unpaired) electrons. The van der Waals surface area contributed by atoms with Crippen LogP contribution < -0.4 is 16.4 Å². The van der Waals surface area contributed by atoms with E-state index in [1.54, 1.807) is 13.8 Å². The van der Waals surface area contributed by atoms with Crippen molar-refractivity contribution in [3.8, 4) is 0 Å². The Morgan fingerprint density at radius 1 is 1.30 bits per heavy atom. The van der Waals surface area contributed by atoms with Crippen LogP contribution in [0.25, 0.3) is 0 Å². The summed E-state index contributed by atoms with van der Waals surface area (Å²) in [4.78, 5) is 23.1. The van der Waals surface area contributed by atoms with Gasteiger partial charge in [-0.3, -0.25) is 4.79 Å². The van der Waals surface area contributed by atoms with Crippen molar-refractivity contribution in [2.75, 3.05) is 6.54 Å². The van der Waals surface area contributed by atoms with E-state index in [1.165, 1.54) is 0 Å². The minimum Gasteiger partial charge on any atom is -0.480 e. The molecule has 8 nitrogen and oxygen atoms in total. The average molecular weight is 289 g/mol. The first kappa shape index (κ1) is 16.8. The molecule has 1 saturated heterocycles. The number of nitrogens with one attached hydrogen (secondary N) is 2. The number of β-amino-alcohol motifs (C(OH)–C–C–N with tert-alkyl or cyclic N) is 1. The van der Waals surface area contributed by atoms with Gasteiger partial charge < -0.3 is 31.7 Å². The van der Waals surface area contributed by atoms with Gasteiger partial charge in [0.1, 0.15) is 6.04 Å². The van der Waals surface area contributed by atoms with Crippen molar-refractivity contribution in [2.24, 2.45) is 11.7 Å². The second-order valence-electron chi connectivity index (χ2n) is 5.48. The van der Waals surface area contributed by atoms with Gasteiger partial charge in [0.15, 0.2) is 0 Å². The van der Waals surface area contributed by atoms with E-state index in [0.717, 1.165) is 0 Å². The Morgan fingerprint density at radius 3 is 2.35 bits per heavy atom. The van der Waals surface area contributed by atoms with E-state index < -0.39 is 42.2 Å². The summed E-state index contributed by atoms with van der Waals surface area (Å²) in [6.07, 6.45) is -1.91. The zero-order chi connectivity index (χ0) is 15.4. The maximum absolute atomic E-state index is 11.8. The van der Waals surface area contributed by atoms with Gasteiger partial charge in [0.2, 0.25) is 5.91 Å². The number of carbonyl (C=O) groups excluding carboxylic acids is 1. The molecule has 8 heteroatoms. The van der Waals surface area contributed by atoms with Gasteiger partial charge in [-0.25, -0.2) is 4.79 Å². The van der Waals surface area contributed by atoms with Crippen molar-refractivity contribution >= 4 is 11.9 Å². The van der Waals surface area contributed by atoms with Crippen LogP contribution in [0.2, 0.25) is 0 Å². The molecule has 0 aromatic carbocycles.